The van der Waals surface area contributed by atoms with E-state index in [1.165, 1.54) is 26.8 Å². The number of esters is 1. The van der Waals surface area contributed by atoms with E-state index in [9.17, 15) is 4.79 Å². The molecule has 0 bridgehead atoms. The maximum absolute atomic E-state index is 12.8. The lowest BCUT2D eigenvalue weighted by molar-refractivity contribution is -0.153. The Kier molecular flexibility index (Phi) is 10.9. The fraction of sp³-hybridized carbons (Fsp3) is 0.372. The summed E-state index contributed by atoms with van der Waals surface area (Å²) in [5.41, 5.74) is 0. The average Bonchev–Trinajstić information content (AvgIpc) is 3.67. The molecule has 9 heteroatoms. The van der Waals surface area contributed by atoms with Crippen molar-refractivity contribution < 1.29 is 22.9 Å². The summed E-state index contributed by atoms with van der Waals surface area (Å²) in [4.78, 5) is 12.8. The van der Waals surface area contributed by atoms with Crippen molar-refractivity contribution in [1.29, 1.82) is 0 Å². The van der Waals surface area contributed by atoms with Crippen LogP contribution in [0.1, 0.15) is 41.5 Å². The van der Waals surface area contributed by atoms with Gasteiger partial charge in [-0.15, -0.1) is 0 Å². The third-order valence-corrected chi connectivity index (χ3v) is 21.1. The Labute approximate surface area is 314 Å². The smallest absolute Gasteiger partial charge is 0.331 e. The van der Waals surface area contributed by atoms with Crippen molar-refractivity contribution in [2.45, 2.75) is 95.6 Å². The van der Waals surface area contributed by atoms with Crippen molar-refractivity contribution in [1.82, 2.24) is 5.06 Å². The highest BCUT2D eigenvalue weighted by Gasteiger charge is 2.61. The first-order valence-corrected chi connectivity index (χ1v) is 25.7. The average molecular weight is 750 g/mol. The minimum Gasteiger partial charge on any atom is -0.453 e. The number of hydrogen-bond acceptors (Lipinski definition) is 6. The van der Waals surface area contributed by atoms with Gasteiger partial charge in [0.2, 0.25) is 8.32 Å². The number of hydrogen-bond donors (Lipinski definition) is 0. The highest BCUT2D eigenvalue weighted by molar-refractivity contribution is 7.00. The third kappa shape index (κ3) is 7.37. The predicted molar refractivity (Wildman–Crippen MR) is 219 cm³/mol. The van der Waals surface area contributed by atoms with Crippen LogP contribution in [-0.4, -0.2) is 66.9 Å². The van der Waals surface area contributed by atoms with E-state index in [1.54, 1.807) is 0 Å². The Morgan fingerprint density at radius 2 is 1.00 bits per heavy atom. The van der Waals surface area contributed by atoms with Crippen LogP contribution in [0, 0.1) is 0 Å². The molecule has 274 valence electrons. The monoisotopic (exact) mass is 749 g/mol. The number of rotatable bonds is 11. The summed E-state index contributed by atoms with van der Waals surface area (Å²) < 4.78 is 29.1. The number of nitrogens with zero attached hydrogens (tertiary/aromatic N) is 1. The zero-order valence-electron chi connectivity index (χ0n) is 32.2. The molecule has 2 heterocycles. The number of carbonyl (C=O) groups is 1. The summed E-state index contributed by atoms with van der Waals surface area (Å²) in [6.45, 7) is 20.8. The van der Waals surface area contributed by atoms with E-state index >= 15 is 0 Å². The van der Waals surface area contributed by atoms with Gasteiger partial charge in [-0.1, -0.05) is 163 Å². The van der Waals surface area contributed by atoms with Crippen LogP contribution in [-0.2, 0) is 22.9 Å². The van der Waals surface area contributed by atoms with E-state index in [4.69, 9.17) is 18.1 Å². The molecule has 0 N–H and O–H groups in total. The van der Waals surface area contributed by atoms with Crippen molar-refractivity contribution >= 4 is 51.7 Å². The molecular weight excluding hydrogens is 695 g/mol. The molecule has 52 heavy (non-hydrogen) atoms. The summed E-state index contributed by atoms with van der Waals surface area (Å²) in [7, 11) is -8.37. The van der Waals surface area contributed by atoms with Gasteiger partial charge < -0.3 is 18.1 Å². The molecule has 1 fully saturated rings. The predicted octanol–water partition coefficient (Wildman–Crippen LogP) is 6.81. The molecule has 0 saturated carbocycles. The molecule has 2 aliphatic rings. The maximum atomic E-state index is 12.8. The van der Waals surface area contributed by atoms with Gasteiger partial charge >= 0.3 is 5.97 Å². The van der Waals surface area contributed by atoms with Gasteiger partial charge in [0.25, 0.3) is 16.6 Å². The number of carbonyl (C=O) groups excluding carboxylic acids is 1. The number of hydroxylamine groups is 2. The summed E-state index contributed by atoms with van der Waals surface area (Å²) in [5.74, 6) is -0.349. The number of cyclic esters (lactones) is 1. The quantitative estimate of drug-likeness (QED) is 0.124. The largest absolute Gasteiger partial charge is 0.453 e. The van der Waals surface area contributed by atoms with Gasteiger partial charge in [0, 0.05) is 6.08 Å². The SMILES string of the molecule is CC(C)(C)[Si](O[C@H]1[C@H]([C@H]2C=CC(=O)O2)N(O[Si](C)(C)C)C[C@@H]1O[Si](c1ccccc1)(c1ccccc1)C(C)(C)C)(c1ccccc1)c1ccccc1. The van der Waals surface area contributed by atoms with Gasteiger partial charge in [-0.3, -0.25) is 0 Å². The third-order valence-electron chi connectivity index (χ3n) is 10.3. The van der Waals surface area contributed by atoms with Crippen LogP contribution in [0.15, 0.2) is 133 Å². The summed E-state index contributed by atoms with van der Waals surface area (Å²) in [6.07, 6.45) is 1.89. The van der Waals surface area contributed by atoms with Gasteiger partial charge in [0.1, 0.15) is 12.1 Å². The zero-order valence-corrected chi connectivity index (χ0v) is 35.2. The lowest BCUT2D eigenvalue weighted by Crippen LogP contribution is -2.71. The van der Waals surface area contributed by atoms with Crippen LogP contribution in [0.3, 0.4) is 0 Å². The molecule has 4 aromatic rings. The van der Waals surface area contributed by atoms with Crippen LogP contribution in [0.4, 0.5) is 0 Å². The highest BCUT2D eigenvalue weighted by Crippen LogP contribution is 2.44. The van der Waals surface area contributed by atoms with Crippen LogP contribution in [0.2, 0.25) is 29.7 Å². The molecule has 0 amide bonds. The molecule has 0 spiro atoms. The Bertz CT molecular complexity index is 1740. The lowest BCUT2D eigenvalue weighted by Gasteiger charge is -2.49. The second-order valence-electron chi connectivity index (χ2n) is 17.1. The molecule has 4 atom stereocenters. The van der Waals surface area contributed by atoms with Crippen LogP contribution in [0.25, 0.3) is 0 Å². The van der Waals surface area contributed by atoms with E-state index in [-0.39, 0.29) is 16.0 Å². The van der Waals surface area contributed by atoms with Gasteiger partial charge in [-0.05, 0) is 56.5 Å². The van der Waals surface area contributed by atoms with Gasteiger partial charge in [-0.25, -0.2) is 4.79 Å². The summed E-state index contributed by atoms with van der Waals surface area (Å²) in [5, 5.41) is 6.26. The normalized spacial score (nSPS) is 21.8. The van der Waals surface area contributed by atoms with Crippen molar-refractivity contribution in [2.75, 3.05) is 6.54 Å². The summed E-state index contributed by atoms with van der Waals surface area (Å²) in [6, 6.07) is 42.5. The van der Waals surface area contributed by atoms with Crippen molar-refractivity contribution in [3.8, 4) is 0 Å². The first kappa shape index (κ1) is 38.3. The lowest BCUT2D eigenvalue weighted by atomic mass is 10.1. The summed E-state index contributed by atoms with van der Waals surface area (Å²) >= 11 is 0. The molecule has 0 aliphatic carbocycles. The van der Waals surface area contributed by atoms with E-state index in [0.29, 0.717) is 6.54 Å². The molecule has 1 saturated heterocycles. The molecule has 4 aromatic carbocycles. The molecule has 0 radical (unpaired) electrons. The molecule has 6 rings (SSSR count). The van der Waals surface area contributed by atoms with E-state index < -0.39 is 49.3 Å². The minimum absolute atomic E-state index is 0.264. The van der Waals surface area contributed by atoms with E-state index in [0.717, 1.165) is 0 Å². The molecule has 6 nitrogen and oxygen atoms in total. The topological polar surface area (TPSA) is 57.2 Å². The van der Waals surface area contributed by atoms with E-state index in [2.05, 4.69) is 188 Å². The fourth-order valence-electron chi connectivity index (χ4n) is 8.22. The van der Waals surface area contributed by atoms with Crippen molar-refractivity contribution in [3.63, 3.8) is 0 Å². The van der Waals surface area contributed by atoms with Gasteiger partial charge in [-0.2, -0.15) is 5.06 Å². The maximum Gasteiger partial charge on any atom is 0.331 e. The van der Waals surface area contributed by atoms with Crippen LogP contribution in [0.5, 0.6) is 0 Å². The minimum atomic E-state index is -3.13. The highest BCUT2D eigenvalue weighted by atomic mass is 28.4. The number of ether oxygens (including phenoxy) is 1. The first-order chi connectivity index (χ1) is 24.6. The van der Waals surface area contributed by atoms with Gasteiger partial charge in [0.15, 0.2) is 0 Å². The van der Waals surface area contributed by atoms with E-state index in [1.807, 2.05) is 6.08 Å². The molecular formula is C43H55NO5Si3. The van der Waals surface area contributed by atoms with Gasteiger partial charge in [0.05, 0.1) is 18.8 Å². The molecule has 0 aromatic heterocycles. The Morgan fingerprint density at radius 1 is 0.615 bits per heavy atom. The zero-order chi connectivity index (χ0) is 37.4. The second-order valence-corrected chi connectivity index (χ2v) is 30.0. The van der Waals surface area contributed by atoms with Crippen LogP contribution < -0.4 is 20.7 Å². The molecule has 0 unspecified atom stereocenters. The van der Waals surface area contributed by atoms with Crippen molar-refractivity contribution in [3.05, 3.63) is 133 Å². The Balaban J connectivity index is 1.62. The number of benzene rings is 4. The molecule has 2 aliphatic heterocycles. The standard InChI is InChI=1S/C43H55NO5Si3/c1-42(2,3)51(33-22-14-10-15-23-33,34-24-16-11-17-25-34)47-38-32-44(49-50(7,8)9)40(37-30-31-39(45)46-37)41(38)48-52(43(4,5)6,35-26-18-12-19-27-35)36-28-20-13-21-29-36/h10-31,37-38,40-41H,32H2,1-9H3/t37-,38+,40+,41-/m1/s1. The Hall–Kier alpha value is -3.42. The van der Waals surface area contributed by atoms with Crippen LogP contribution >= 0.6 is 0 Å². The second kappa shape index (κ2) is 14.8. The van der Waals surface area contributed by atoms with Crippen molar-refractivity contribution in [2.24, 2.45) is 0 Å². The first-order valence-electron chi connectivity index (χ1n) is 18.5. The Morgan fingerprint density at radius 3 is 1.33 bits per heavy atom. The fourth-order valence-corrected chi connectivity index (χ4v) is 18.5.